The molecule has 0 N–H and O–H groups in total. The molecule has 0 aromatic carbocycles. The van der Waals surface area contributed by atoms with E-state index in [4.69, 9.17) is 0 Å². The van der Waals surface area contributed by atoms with E-state index >= 15 is 0 Å². The van der Waals surface area contributed by atoms with Crippen molar-refractivity contribution < 1.29 is 4.52 Å². The van der Waals surface area contributed by atoms with Gasteiger partial charge < -0.3 is 0 Å². The molecule has 0 aliphatic heterocycles. The van der Waals surface area contributed by atoms with Crippen molar-refractivity contribution in [3.05, 3.63) is 50.1 Å². The fourth-order valence-electron chi connectivity index (χ4n) is 1.65. The Morgan fingerprint density at radius 3 is 3.00 bits per heavy atom. The Hall–Kier alpha value is -2.22. The summed E-state index contributed by atoms with van der Waals surface area (Å²) < 4.78 is 7.30. The van der Waals surface area contributed by atoms with Crippen LogP contribution in [0.5, 0.6) is 0 Å². The Morgan fingerprint density at radius 1 is 1.44 bits per heavy atom. The van der Waals surface area contributed by atoms with Gasteiger partial charge >= 0.3 is 5.76 Å². The second-order valence-electron chi connectivity index (χ2n) is 3.72. The second kappa shape index (κ2) is 3.91. The minimum absolute atomic E-state index is 0.168. The van der Waals surface area contributed by atoms with Crippen molar-refractivity contribution in [2.45, 2.75) is 13.5 Å². The van der Waals surface area contributed by atoms with Gasteiger partial charge in [0, 0.05) is 17.6 Å². The number of fused-ring (bicyclic) bond motifs is 1. The molecular weight excluding hydrogens is 256 g/mol. The molecule has 7 nitrogen and oxygen atoms in total. The van der Waals surface area contributed by atoms with Crippen LogP contribution in [0, 0.1) is 6.92 Å². The van der Waals surface area contributed by atoms with E-state index in [-0.39, 0.29) is 12.1 Å². The molecule has 0 unspecified atom stereocenters. The molecule has 0 aliphatic rings. The summed E-state index contributed by atoms with van der Waals surface area (Å²) in [5.41, 5.74) is 0.342. The number of aromatic nitrogens is 4. The maximum Gasteiger partial charge on any atom is 0.441 e. The fraction of sp³-hybridized carbons (Fsp3) is 0.200. The van der Waals surface area contributed by atoms with E-state index < -0.39 is 5.76 Å². The van der Waals surface area contributed by atoms with Gasteiger partial charge in [0.25, 0.3) is 5.56 Å². The average Bonchev–Trinajstić information content (AvgIpc) is 2.91. The molecule has 8 heteroatoms. The molecule has 0 saturated heterocycles. The predicted octanol–water partition coefficient (Wildman–Crippen LogP) is 0.262. The summed E-state index contributed by atoms with van der Waals surface area (Å²) in [7, 11) is 0. The van der Waals surface area contributed by atoms with Crippen LogP contribution >= 0.6 is 11.3 Å². The summed E-state index contributed by atoms with van der Waals surface area (Å²) in [6, 6.07) is 1.40. The van der Waals surface area contributed by atoms with Gasteiger partial charge in [0.05, 0.1) is 12.2 Å². The van der Waals surface area contributed by atoms with E-state index in [1.54, 1.807) is 18.5 Å². The molecule has 0 aliphatic carbocycles. The summed E-state index contributed by atoms with van der Waals surface area (Å²) in [4.78, 5) is 28.0. The van der Waals surface area contributed by atoms with Crippen molar-refractivity contribution in [2.24, 2.45) is 0 Å². The van der Waals surface area contributed by atoms with E-state index in [9.17, 15) is 9.59 Å². The molecular formula is C10H8N4O3S. The van der Waals surface area contributed by atoms with Gasteiger partial charge in [-0.1, -0.05) is 5.16 Å². The van der Waals surface area contributed by atoms with Gasteiger partial charge in [0.1, 0.15) is 0 Å². The molecule has 0 bridgehead atoms. The first-order valence-corrected chi connectivity index (χ1v) is 6.02. The first-order valence-electron chi connectivity index (χ1n) is 5.14. The molecule has 18 heavy (non-hydrogen) atoms. The number of aryl methyl sites for hydroxylation is 1. The van der Waals surface area contributed by atoms with Crippen LogP contribution in [0.15, 0.2) is 31.8 Å². The quantitative estimate of drug-likeness (QED) is 0.663. The average molecular weight is 264 g/mol. The van der Waals surface area contributed by atoms with Crippen molar-refractivity contribution in [1.82, 2.24) is 19.1 Å². The Morgan fingerprint density at radius 2 is 2.28 bits per heavy atom. The highest BCUT2D eigenvalue weighted by molar-refractivity contribution is 7.15. The van der Waals surface area contributed by atoms with Gasteiger partial charge in [-0.3, -0.25) is 18.3 Å². The van der Waals surface area contributed by atoms with Crippen LogP contribution in [-0.4, -0.2) is 19.1 Å². The Labute approximate surface area is 104 Å². The normalized spacial score (nSPS) is 11.2. The van der Waals surface area contributed by atoms with Gasteiger partial charge in [-0.2, -0.15) is 0 Å². The minimum Gasteiger partial charge on any atom is -0.296 e. The zero-order chi connectivity index (χ0) is 12.7. The number of hydrogen-bond acceptors (Lipinski definition) is 6. The summed E-state index contributed by atoms with van der Waals surface area (Å²) in [5.74, 6) is -0.103. The van der Waals surface area contributed by atoms with Crippen molar-refractivity contribution in [3.8, 4) is 0 Å². The van der Waals surface area contributed by atoms with Crippen molar-refractivity contribution >= 4 is 16.3 Å². The van der Waals surface area contributed by atoms with Crippen LogP contribution in [-0.2, 0) is 6.54 Å². The van der Waals surface area contributed by atoms with E-state index in [0.717, 1.165) is 0 Å². The first-order chi connectivity index (χ1) is 8.65. The molecule has 92 valence electrons. The highest BCUT2D eigenvalue weighted by Crippen LogP contribution is 2.07. The molecule has 0 spiro atoms. The molecule has 0 atom stereocenters. The Bertz CT molecular complexity index is 825. The highest BCUT2D eigenvalue weighted by atomic mass is 32.1. The van der Waals surface area contributed by atoms with Crippen LogP contribution in [0.3, 0.4) is 0 Å². The number of thiazole rings is 1. The van der Waals surface area contributed by atoms with Crippen LogP contribution in [0.2, 0.25) is 0 Å². The van der Waals surface area contributed by atoms with E-state index in [1.165, 1.54) is 26.4 Å². The monoisotopic (exact) mass is 264 g/mol. The standard InChI is InChI=1S/C10H8N4O3S/c1-6-12-17-10(16)14(6)5-7-4-8(15)13-2-3-18-9(13)11-7/h2-4H,5H2,1H3. The first kappa shape index (κ1) is 10.9. The molecule has 0 radical (unpaired) electrons. The zero-order valence-electron chi connectivity index (χ0n) is 9.36. The Kier molecular flexibility index (Phi) is 2.37. The van der Waals surface area contributed by atoms with E-state index in [0.29, 0.717) is 16.5 Å². The van der Waals surface area contributed by atoms with Crippen molar-refractivity contribution in [2.75, 3.05) is 0 Å². The number of nitrogens with zero attached hydrogens (tertiary/aromatic N) is 4. The molecule has 0 saturated carbocycles. The summed E-state index contributed by atoms with van der Waals surface area (Å²) in [6.45, 7) is 1.83. The van der Waals surface area contributed by atoms with Crippen molar-refractivity contribution in [3.63, 3.8) is 0 Å². The number of rotatable bonds is 2. The summed E-state index contributed by atoms with van der Waals surface area (Å²) >= 11 is 1.36. The smallest absolute Gasteiger partial charge is 0.296 e. The molecule has 3 rings (SSSR count). The van der Waals surface area contributed by atoms with Crippen LogP contribution in [0.4, 0.5) is 0 Å². The molecule has 3 aromatic rings. The maximum atomic E-state index is 11.8. The highest BCUT2D eigenvalue weighted by Gasteiger charge is 2.09. The van der Waals surface area contributed by atoms with E-state index in [1.807, 2.05) is 0 Å². The lowest BCUT2D eigenvalue weighted by Crippen LogP contribution is -2.20. The van der Waals surface area contributed by atoms with Crippen LogP contribution < -0.4 is 11.3 Å². The van der Waals surface area contributed by atoms with Crippen LogP contribution in [0.25, 0.3) is 4.96 Å². The third-order valence-electron chi connectivity index (χ3n) is 2.54. The Balaban J connectivity index is 2.10. The third-order valence-corrected chi connectivity index (χ3v) is 3.30. The van der Waals surface area contributed by atoms with E-state index in [2.05, 4.69) is 14.7 Å². The summed E-state index contributed by atoms with van der Waals surface area (Å²) in [5, 5.41) is 5.34. The molecule has 0 fully saturated rings. The van der Waals surface area contributed by atoms with Gasteiger partial charge in [-0.15, -0.1) is 11.3 Å². The number of hydrogen-bond donors (Lipinski definition) is 0. The summed E-state index contributed by atoms with van der Waals surface area (Å²) in [6.07, 6.45) is 1.66. The second-order valence-corrected chi connectivity index (χ2v) is 4.60. The van der Waals surface area contributed by atoms with Gasteiger partial charge in [0.2, 0.25) is 0 Å². The molecule has 0 amide bonds. The molecule has 3 aromatic heterocycles. The lowest BCUT2D eigenvalue weighted by Gasteiger charge is -2.01. The third kappa shape index (κ3) is 1.66. The lowest BCUT2D eigenvalue weighted by molar-refractivity contribution is 0.375. The van der Waals surface area contributed by atoms with Gasteiger partial charge in [0.15, 0.2) is 10.8 Å². The molecule has 3 heterocycles. The van der Waals surface area contributed by atoms with Gasteiger partial charge in [-0.25, -0.2) is 9.78 Å². The van der Waals surface area contributed by atoms with Crippen LogP contribution in [0.1, 0.15) is 11.5 Å². The largest absolute Gasteiger partial charge is 0.441 e. The lowest BCUT2D eigenvalue weighted by atomic mass is 10.4. The van der Waals surface area contributed by atoms with Gasteiger partial charge in [-0.05, 0) is 6.92 Å². The zero-order valence-corrected chi connectivity index (χ0v) is 10.2. The van der Waals surface area contributed by atoms with Crippen molar-refractivity contribution in [1.29, 1.82) is 0 Å². The minimum atomic E-state index is -0.555. The SMILES string of the molecule is Cc1noc(=O)n1Cc1cc(=O)n2ccsc2n1. The maximum absolute atomic E-state index is 11.8. The predicted molar refractivity (Wildman–Crippen MR) is 63.9 cm³/mol. The topological polar surface area (TPSA) is 82.4 Å². The fourth-order valence-corrected chi connectivity index (χ4v) is 2.38.